The lowest BCUT2D eigenvalue weighted by atomic mass is 10.1. The first-order valence-corrected chi connectivity index (χ1v) is 10.7. The molecule has 0 radical (unpaired) electrons. The van der Waals surface area contributed by atoms with Crippen LogP contribution in [0.1, 0.15) is 38.8 Å². The smallest absolute Gasteiger partial charge is 0.257 e. The molecule has 2 aromatic carbocycles. The van der Waals surface area contributed by atoms with Crippen molar-refractivity contribution >= 4 is 28.3 Å². The number of carbonyl (C=O) groups is 2. The Balaban J connectivity index is 1.34. The van der Waals surface area contributed by atoms with Crippen LogP contribution < -0.4 is 15.4 Å². The van der Waals surface area contributed by atoms with Gasteiger partial charge in [0.1, 0.15) is 5.75 Å². The van der Waals surface area contributed by atoms with E-state index in [1.807, 2.05) is 42.5 Å². The van der Waals surface area contributed by atoms with Gasteiger partial charge < -0.3 is 10.1 Å². The quantitative estimate of drug-likeness (QED) is 0.608. The van der Waals surface area contributed by atoms with Crippen LogP contribution in [0.2, 0.25) is 0 Å². The highest BCUT2D eigenvalue weighted by Crippen LogP contribution is 2.38. The van der Waals surface area contributed by atoms with Crippen LogP contribution in [0, 0.1) is 0 Å². The third-order valence-electron chi connectivity index (χ3n) is 5.14. The molecule has 7 heteroatoms. The fraction of sp³-hybridized carbons (Fsp3) is 0.261. The third kappa shape index (κ3) is 4.52. The Morgan fingerprint density at radius 1 is 1.17 bits per heavy atom. The van der Waals surface area contributed by atoms with Gasteiger partial charge in [-0.3, -0.25) is 14.9 Å². The number of thiazole rings is 1. The summed E-state index contributed by atoms with van der Waals surface area (Å²) in [6.45, 7) is 0.555. The number of carbonyl (C=O) groups excluding carboxylic acids is 2. The van der Waals surface area contributed by atoms with Crippen molar-refractivity contribution in [3.63, 3.8) is 0 Å². The van der Waals surface area contributed by atoms with Gasteiger partial charge in [-0.05, 0) is 49.1 Å². The zero-order chi connectivity index (χ0) is 20.9. The van der Waals surface area contributed by atoms with E-state index in [1.165, 1.54) is 11.3 Å². The second-order valence-corrected chi connectivity index (χ2v) is 8.22. The normalized spacial score (nSPS) is 14.8. The number of amides is 2. The number of ether oxygens (including phenoxy) is 1. The second kappa shape index (κ2) is 9.09. The maximum Gasteiger partial charge on any atom is 0.257 e. The van der Waals surface area contributed by atoms with Crippen molar-refractivity contribution in [3.8, 4) is 5.75 Å². The average molecular weight is 422 g/mol. The molecule has 0 spiro atoms. The molecule has 1 atom stereocenters. The number of hydrogen-bond donors (Lipinski definition) is 2. The minimum absolute atomic E-state index is 0.0112. The molecule has 0 saturated heterocycles. The number of anilines is 1. The molecule has 0 bridgehead atoms. The number of nitrogens with zero attached hydrogens (tertiary/aromatic N) is 1. The van der Waals surface area contributed by atoms with Gasteiger partial charge >= 0.3 is 0 Å². The van der Waals surface area contributed by atoms with Gasteiger partial charge in [-0.15, -0.1) is 11.3 Å². The molecule has 4 rings (SSSR count). The molecule has 0 unspecified atom stereocenters. The summed E-state index contributed by atoms with van der Waals surface area (Å²) in [5, 5.41) is 6.42. The van der Waals surface area contributed by atoms with Crippen molar-refractivity contribution in [2.45, 2.75) is 25.2 Å². The lowest BCUT2D eigenvalue weighted by Crippen LogP contribution is -2.30. The largest absolute Gasteiger partial charge is 0.497 e. The first-order chi connectivity index (χ1) is 14.6. The van der Waals surface area contributed by atoms with Crippen molar-refractivity contribution in [1.82, 2.24) is 10.3 Å². The Labute approximate surface area is 179 Å². The average Bonchev–Trinajstić information content (AvgIpc) is 3.34. The first-order valence-electron chi connectivity index (χ1n) is 9.90. The summed E-state index contributed by atoms with van der Waals surface area (Å²) in [6, 6.07) is 16.9. The van der Waals surface area contributed by atoms with Crippen molar-refractivity contribution in [2.75, 3.05) is 19.0 Å². The van der Waals surface area contributed by atoms with Crippen LogP contribution in [0.3, 0.4) is 0 Å². The molecule has 30 heavy (non-hydrogen) atoms. The third-order valence-corrected chi connectivity index (χ3v) is 6.18. The highest BCUT2D eigenvalue weighted by Gasteiger charge is 2.32. The van der Waals surface area contributed by atoms with E-state index in [0.29, 0.717) is 17.2 Å². The monoisotopic (exact) mass is 421 g/mol. The van der Waals surface area contributed by atoms with E-state index in [0.717, 1.165) is 41.1 Å². The zero-order valence-corrected chi connectivity index (χ0v) is 17.5. The summed E-state index contributed by atoms with van der Waals surface area (Å²) >= 11 is 1.45. The van der Waals surface area contributed by atoms with Gasteiger partial charge in [-0.1, -0.05) is 30.3 Å². The molecule has 1 aliphatic rings. The van der Waals surface area contributed by atoms with Gasteiger partial charge in [-0.2, -0.15) is 0 Å². The molecule has 1 heterocycles. The van der Waals surface area contributed by atoms with Crippen molar-refractivity contribution in [1.29, 1.82) is 0 Å². The number of benzene rings is 2. The summed E-state index contributed by atoms with van der Waals surface area (Å²) in [5.41, 5.74) is 2.49. The lowest BCUT2D eigenvalue weighted by molar-refractivity contribution is -0.122. The van der Waals surface area contributed by atoms with Crippen molar-refractivity contribution in [3.05, 3.63) is 76.3 Å². The Morgan fingerprint density at radius 3 is 2.80 bits per heavy atom. The van der Waals surface area contributed by atoms with Crippen LogP contribution in [0.5, 0.6) is 5.75 Å². The first kappa shape index (κ1) is 20.1. The number of nitrogens with one attached hydrogen (secondary N) is 2. The number of aryl methyl sites for hydroxylation is 1. The van der Waals surface area contributed by atoms with Gasteiger partial charge in [0.2, 0.25) is 5.91 Å². The van der Waals surface area contributed by atoms with E-state index in [9.17, 15) is 9.59 Å². The van der Waals surface area contributed by atoms with Crippen LogP contribution in [0.4, 0.5) is 5.13 Å². The number of rotatable bonds is 7. The number of aromatic nitrogens is 1. The molecule has 0 saturated carbocycles. The fourth-order valence-corrected chi connectivity index (χ4v) is 4.61. The number of hydrogen-bond acceptors (Lipinski definition) is 5. The van der Waals surface area contributed by atoms with Gasteiger partial charge in [0.05, 0.1) is 18.7 Å². The molecule has 3 aromatic rings. The van der Waals surface area contributed by atoms with E-state index in [-0.39, 0.29) is 17.7 Å². The Hall–Kier alpha value is -3.19. The molecule has 0 aliphatic heterocycles. The Morgan fingerprint density at radius 2 is 2.00 bits per heavy atom. The van der Waals surface area contributed by atoms with E-state index < -0.39 is 0 Å². The predicted molar refractivity (Wildman–Crippen MR) is 117 cm³/mol. The lowest BCUT2D eigenvalue weighted by Gasteiger charge is -2.11. The molecule has 0 fully saturated rings. The highest BCUT2D eigenvalue weighted by atomic mass is 32.1. The van der Waals surface area contributed by atoms with E-state index in [1.54, 1.807) is 19.2 Å². The summed E-state index contributed by atoms with van der Waals surface area (Å²) in [4.78, 5) is 30.7. The highest BCUT2D eigenvalue weighted by molar-refractivity contribution is 7.16. The van der Waals surface area contributed by atoms with Gasteiger partial charge in [0.15, 0.2) is 5.13 Å². The summed E-state index contributed by atoms with van der Waals surface area (Å²) < 4.78 is 5.24. The minimum atomic E-state index is -0.260. The predicted octanol–water partition coefficient (Wildman–Crippen LogP) is 3.79. The molecule has 2 amide bonds. The summed E-state index contributed by atoms with van der Waals surface area (Å²) in [6.07, 6.45) is 2.30. The van der Waals surface area contributed by atoms with E-state index >= 15 is 0 Å². The van der Waals surface area contributed by atoms with Crippen LogP contribution in [-0.4, -0.2) is 30.5 Å². The fourth-order valence-electron chi connectivity index (χ4n) is 3.58. The molecule has 6 nitrogen and oxygen atoms in total. The second-order valence-electron chi connectivity index (χ2n) is 7.13. The maximum absolute atomic E-state index is 12.7. The van der Waals surface area contributed by atoms with Gasteiger partial charge in [0.25, 0.3) is 5.91 Å². The molecule has 2 N–H and O–H groups in total. The van der Waals surface area contributed by atoms with Crippen LogP contribution in [0.15, 0.2) is 54.6 Å². The zero-order valence-electron chi connectivity index (χ0n) is 16.7. The molecular formula is C23H23N3O3S. The van der Waals surface area contributed by atoms with Crippen LogP contribution in [-0.2, 0) is 17.6 Å². The van der Waals surface area contributed by atoms with Gasteiger partial charge in [0, 0.05) is 17.0 Å². The molecular weight excluding hydrogens is 398 g/mol. The van der Waals surface area contributed by atoms with E-state index in [4.69, 9.17) is 4.74 Å². The van der Waals surface area contributed by atoms with Crippen molar-refractivity contribution < 1.29 is 14.3 Å². The number of methoxy groups -OCH3 is 1. The standard InChI is InChI=1S/C23H23N3O3S/c1-29-17-9-5-6-15(14-17)12-13-24-22(28)18-10-11-19-20(18)25-23(30-19)26-21(27)16-7-3-2-4-8-16/h2-9,14,18H,10-13H2,1H3,(H,24,28)(H,25,26,27)/t18-/m1/s1. The summed E-state index contributed by atoms with van der Waals surface area (Å²) in [5.74, 6) is 0.348. The van der Waals surface area contributed by atoms with Crippen LogP contribution >= 0.6 is 11.3 Å². The number of fused-ring (bicyclic) bond motifs is 1. The minimum Gasteiger partial charge on any atom is -0.497 e. The molecule has 154 valence electrons. The molecule has 1 aromatic heterocycles. The molecule has 1 aliphatic carbocycles. The van der Waals surface area contributed by atoms with Crippen LogP contribution in [0.25, 0.3) is 0 Å². The van der Waals surface area contributed by atoms with E-state index in [2.05, 4.69) is 15.6 Å². The van der Waals surface area contributed by atoms with Gasteiger partial charge in [-0.25, -0.2) is 4.98 Å². The Kier molecular flexibility index (Phi) is 6.09. The Bertz CT molecular complexity index is 1050. The maximum atomic E-state index is 12.7. The summed E-state index contributed by atoms with van der Waals surface area (Å²) in [7, 11) is 1.64. The van der Waals surface area contributed by atoms with Crippen molar-refractivity contribution in [2.24, 2.45) is 0 Å². The topological polar surface area (TPSA) is 80.3 Å². The SMILES string of the molecule is COc1cccc(CCNC(=O)[C@@H]2CCc3sc(NC(=O)c4ccccc4)nc32)c1.